The Morgan fingerprint density at radius 2 is 1.91 bits per heavy atom. The summed E-state index contributed by atoms with van der Waals surface area (Å²) in [6, 6.07) is 9.03. The van der Waals surface area contributed by atoms with E-state index in [9.17, 15) is 5.11 Å². The zero-order valence-electron chi connectivity index (χ0n) is 15.2. The Hall–Kier alpha value is -1.46. The minimum atomic E-state index is -1.32. The lowest BCUT2D eigenvalue weighted by molar-refractivity contribution is 0.0659. The van der Waals surface area contributed by atoms with Crippen LogP contribution in [0.5, 0.6) is 0 Å². The van der Waals surface area contributed by atoms with E-state index < -0.39 is 8.07 Å². The van der Waals surface area contributed by atoms with Crippen LogP contribution in [0.15, 0.2) is 30.3 Å². The van der Waals surface area contributed by atoms with Crippen molar-refractivity contribution >= 4 is 24.8 Å². The highest BCUT2D eigenvalue weighted by Gasteiger charge is 2.23. The lowest BCUT2D eigenvalue weighted by Crippen LogP contribution is -2.26. The number of hydrogen-bond donors (Lipinski definition) is 1. The van der Waals surface area contributed by atoms with E-state index in [1.165, 1.54) is 0 Å². The zero-order chi connectivity index (χ0) is 17.3. The van der Waals surface area contributed by atoms with Crippen LogP contribution in [-0.4, -0.2) is 34.3 Å². The second kappa shape index (κ2) is 6.57. The van der Waals surface area contributed by atoms with Crippen molar-refractivity contribution in [1.29, 1.82) is 0 Å². The van der Waals surface area contributed by atoms with Crippen LogP contribution in [0.1, 0.15) is 27.2 Å². The predicted octanol–water partition coefficient (Wildman–Crippen LogP) is 4.41. The van der Waals surface area contributed by atoms with Gasteiger partial charge in [-0.05, 0) is 30.0 Å². The van der Waals surface area contributed by atoms with E-state index in [2.05, 4.69) is 56.8 Å². The summed E-state index contributed by atoms with van der Waals surface area (Å²) in [7, 11) is -1.32. The third-order valence-electron chi connectivity index (χ3n) is 3.91. The summed E-state index contributed by atoms with van der Waals surface area (Å²) in [5.74, 6) is 0. The van der Waals surface area contributed by atoms with Gasteiger partial charge in [-0.1, -0.05) is 63.8 Å². The third kappa shape index (κ3) is 4.75. The Bertz CT molecular complexity index is 692. The third-order valence-corrected chi connectivity index (χ3v) is 5.33. The van der Waals surface area contributed by atoms with Gasteiger partial charge in [-0.15, -0.1) is 5.10 Å². The molecule has 0 spiro atoms. The molecule has 0 aliphatic heterocycles. The Morgan fingerprint density at radius 3 is 2.52 bits per heavy atom. The van der Waals surface area contributed by atoms with Crippen molar-refractivity contribution in [3.05, 3.63) is 30.3 Å². The molecular formula is C18H29N3OSi. The van der Waals surface area contributed by atoms with Crippen LogP contribution >= 0.6 is 0 Å². The highest BCUT2D eigenvalue weighted by atomic mass is 28.3. The quantitative estimate of drug-likeness (QED) is 0.826. The van der Waals surface area contributed by atoms with E-state index in [4.69, 9.17) is 0 Å². The van der Waals surface area contributed by atoms with Crippen molar-refractivity contribution in [2.45, 2.75) is 59.0 Å². The molecule has 0 saturated carbocycles. The van der Waals surface area contributed by atoms with Crippen molar-refractivity contribution in [2.24, 2.45) is 5.41 Å². The Morgan fingerprint density at radius 1 is 1.26 bits per heavy atom. The maximum atomic E-state index is 10.4. The molecule has 4 nitrogen and oxygen atoms in total. The van der Waals surface area contributed by atoms with Crippen molar-refractivity contribution in [3.8, 4) is 0 Å². The van der Waals surface area contributed by atoms with E-state index in [0.717, 1.165) is 22.8 Å². The van der Waals surface area contributed by atoms with Crippen LogP contribution in [0.25, 0.3) is 16.7 Å². The van der Waals surface area contributed by atoms with Gasteiger partial charge in [0.15, 0.2) is 0 Å². The molecule has 23 heavy (non-hydrogen) atoms. The van der Waals surface area contributed by atoms with Crippen molar-refractivity contribution in [2.75, 3.05) is 0 Å². The first kappa shape index (κ1) is 17.9. The monoisotopic (exact) mass is 331 g/mol. The van der Waals surface area contributed by atoms with Crippen LogP contribution in [0.2, 0.25) is 25.7 Å². The molecule has 5 heteroatoms. The average Bonchev–Trinajstić information content (AvgIpc) is 2.84. The highest BCUT2D eigenvalue weighted by Crippen LogP contribution is 2.27. The van der Waals surface area contributed by atoms with Gasteiger partial charge in [0.25, 0.3) is 0 Å². The smallest absolute Gasteiger partial charge is 0.113 e. The van der Waals surface area contributed by atoms with Crippen molar-refractivity contribution < 1.29 is 5.11 Å². The fourth-order valence-corrected chi connectivity index (χ4v) is 3.84. The van der Waals surface area contributed by atoms with E-state index in [0.29, 0.717) is 6.42 Å². The summed E-state index contributed by atoms with van der Waals surface area (Å²) in [4.78, 5) is 0. The largest absolute Gasteiger partial charge is 0.392 e. The number of rotatable bonds is 5. The molecule has 1 heterocycles. The second-order valence-electron chi connectivity index (χ2n) is 8.54. The molecular weight excluding hydrogens is 302 g/mol. The van der Waals surface area contributed by atoms with Gasteiger partial charge in [0.2, 0.25) is 0 Å². The maximum Gasteiger partial charge on any atom is 0.113 e. The topological polar surface area (TPSA) is 50.9 Å². The first-order valence-electron chi connectivity index (χ1n) is 8.26. The Labute approximate surface area is 140 Å². The number of hydrogen-bond acceptors (Lipinski definition) is 3. The van der Waals surface area contributed by atoms with Crippen LogP contribution in [0.3, 0.4) is 0 Å². The standard InChI is InChI=1S/C18H29N3OSi/c1-18(2,3)17(22)12-11-14(13-23(4,5)6)21-16-10-8-7-9-15(16)19-20-21/h7-11,17,22H,12-13H2,1-6H3/b14-11-. The molecule has 0 saturated heterocycles. The summed E-state index contributed by atoms with van der Waals surface area (Å²) in [6.45, 7) is 13.2. The Kier molecular flexibility index (Phi) is 5.11. The molecule has 0 radical (unpaired) electrons. The molecule has 1 aromatic carbocycles. The molecule has 0 bridgehead atoms. The molecule has 0 aliphatic carbocycles. The zero-order valence-corrected chi connectivity index (χ0v) is 16.2. The summed E-state index contributed by atoms with van der Waals surface area (Å²) in [6.07, 6.45) is 2.42. The molecule has 1 atom stereocenters. The van der Waals surface area contributed by atoms with Crippen LogP contribution in [-0.2, 0) is 0 Å². The van der Waals surface area contributed by atoms with Gasteiger partial charge in [0, 0.05) is 5.70 Å². The number of aliphatic hydroxyl groups excluding tert-OH is 1. The number of aromatic nitrogens is 3. The number of benzene rings is 1. The van der Waals surface area contributed by atoms with Gasteiger partial charge in [-0.25, -0.2) is 4.68 Å². The average molecular weight is 332 g/mol. The number of nitrogens with zero attached hydrogens (tertiary/aromatic N) is 3. The predicted molar refractivity (Wildman–Crippen MR) is 100 cm³/mol. The lowest BCUT2D eigenvalue weighted by atomic mass is 9.87. The number of allylic oxidation sites excluding steroid dienone is 1. The summed E-state index contributed by atoms with van der Waals surface area (Å²) >= 11 is 0. The van der Waals surface area contributed by atoms with E-state index in [1.807, 2.05) is 28.9 Å². The molecule has 1 N–H and O–H groups in total. The number of para-hydroxylation sites is 1. The molecule has 2 rings (SSSR count). The summed E-state index contributed by atoms with van der Waals surface area (Å²) < 4.78 is 1.95. The van der Waals surface area contributed by atoms with Gasteiger partial charge < -0.3 is 5.11 Å². The van der Waals surface area contributed by atoms with Gasteiger partial charge in [0.05, 0.1) is 19.7 Å². The Balaban J connectivity index is 2.38. The van der Waals surface area contributed by atoms with Gasteiger partial charge >= 0.3 is 0 Å². The van der Waals surface area contributed by atoms with Gasteiger partial charge in [-0.3, -0.25) is 0 Å². The van der Waals surface area contributed by atoms with Crippen LogP contribution in [0, 0.1) is 5.41 Å². The molecule has 1 aromatic heterocycles. The molecule has 2 aromatic rings. The number of fused-ring (bicyclic) bond motifs is 1. The second-order valence-corrected chi connectivity index (χ2v) is 14.0. The normalized spacial score (nSPS) is 15.2. The van der Waals surface area contributed by atoms with Crippen molar-refractivity contribution in [3.63, 3.8) is 0 Å². The van der Waals surface area contributed by atoms with E-state index >= 15 is 0 Å². The minimum absolute atomic E-state index is 0.120. The molecule has 1 unspecified atom stereocenters. The SMILES string of the molecule is CC(C)(C)C(O)C/C=C(/C[Si](C)(C)C)n1nnc2ccccc21. The van der Waals surface area contributed by atoms with E-state index in [1.54, 1.807) is 0 Å². The van der Waals surface area contributed by atoms with Gasteiger partial charge in [0.1, 0.15) is 5.52 Å². The highest BCUT2D eigenvalue weighted by molar-refractivity contribution is 6.77. The lowest BCUT2D eigenvalue weighted by Gasteiger charge is -2.25. The molecule has 0 fully saturated rings. The fraction of sp³-hybridized carbons (Fsp3) is 0.556. The first-order valence-corrected chi connectivity index (χ1v) is 12.0. The maximum absolute atomic E-state index is 10.4. The summed E-state index contributed by atoms with van der Waals surface area (Å²) in [5, 5.41) is 19.0. The van der Waals surface area contributed by atoms with Crippen LogP contribution < -0.4 is 0 Å². The van der Waals surface area contributed by atoms with Crippen molar-refractivity contribution in [1.82, 2.24) is 15.0 Å². The molecule has 0 amide bonds. The summed E-state index contributed by atoms with van der Waals surface area (Å²) in [5.41, 5.74) is 2.97. The van der Waals surface area contributed by atoms with Gasteiger partial charge in [-0.2, -0.15) is 0 Å². The fourth-order valence-electron chi connectivity index (χ4n) is 2.46. The molecule has 0 aliphatic rings. The minimum Gasteiger partial charge on any atom is -0.392 e. The number of aliphatic hydroxyl groups is 1. The van der Waals surface area contributed by atoms with Crippen LogP contribution in [0.4, 0.5) is 0 Å². The van der Waals surface area contributed by atoms with E-state index in [-0.39, 0.29) is 11.5 Å². The first-order chi connectivity index (χ1) is 10.6. The molecule has 126 valence electrons.